The van der Waals surface area contributed by atoms with Crippen molar-refractivity contribution in [1.82, 2.24) is 4.90 Å². The van der Waals surface area contributed by atoms with Crippen molar-refractivity contribution in [2.45, 2.75) is 84.8 Å². The number of nitrogens with zero attached hydrogens (tertiary/aromatic N) is 1. The molecule has 0 aromatic carbocycles. The molecule has 0 aliphatic heterocycles. The Kier molecular flexibility index (Phi) is 6.49. The fourth-order valence-corrected chi connectivity index (χ4v) is 3.71. The first-order valence-corrected chi connectivity index (χ1v) is 8.76. The number of aliphatic carboxylic acids is 1. The van der Waals surface area contributed by atoms with Crippen LogP contribution in [0.3, 0.4) is 0 Å². The monoisotopic (exact) mass is 327 g/mol. The summed E-state index contributed by atoms with van der Waals surface area (Å²) in [5.74, 6) is -0.0313. The third-order valence-corrected chi connectivity index (χ3v) is 4.48. The molecule has 1 aliphatic carbocycles. The van der Waals surface area contributed by atoms with E-state index in [0.29, 0.717) is 31.2 Å². The first-order chi connectivity index (χ1) is 10.5. The molecule has 1 fully saturated rings. The first kappa shape index (κ1) is 19.8. The van der Waals surface area contributed by atoms with Crippen LogP contribution in [0.1, 0.15) is 73.6 Å². The fraction of sp³-hybridized carbons (Fsp3) is 0.889. The van der Waals surface area contributed by atoms with Gasteiger partial charge in [0.25, 0.3) is 0 Å². The molecule has 1 N–H and O–H groups in total. The van der Waals surface area contributed by atoms with Gasteiger partial charge in [-0.2, -0.15) is 0 Å². The summed E-state index contributed by atoms with van der Waals surface area (Å²) in [6, 6.07) is 0. The van der Waals surface area contributed by atoms with Crippen LogP contribution in [0.2, 0.25) is 0 Å². The number of carboxylic acid groups (broad SMARTS) is 1. The Morgan fingerprint density at radius 3 is 2.39 bits per heavy atom. The predicted molar refractivity (Wildman–Crippen MR) is 90.4 cm³/mol. The summed E-state index contributed by atoms with van der Waals surface area (Å²) in [6.07, 6.45) is 3.38. The molecule has 0 spiro atoms. The van der Waals surface area contributed by atoms with Crippen LogP contribution in [0, 0.1) is 11.8 Å². The number of carbonyl (C=O) groups is 2. The summed E-state index contributed by atoms with van der Waals surface area (Å²) >= 11 is 0. The molecule has 134 valence electrons. The van der Waals surface area contributed by atoms with E-state index in [2.05, 4.69) is 13.8 Å². The normalized spacial score (nSPS) is 25.3. The van der Waals surface area contributed by atoms with Crippen molar-refractivity contribution in [1.29, 1.82) is 0 Å². The molecule has 0 heterocycles. The maximum Gasteiger partial charge on any atom is 0.411 e. The summed E-state index contributed by atoms with van der Waals surface area (Å²) in [5.41, 5.74) is -1.76. The molecule has 1 saturated carbocycles. The number of carboxylic acids is 1. The lowest BCUT2D eigenvalue weighted by Gasteiger charge is -2.45. The SMILES string of the molecule is CCN(C(=O)OC(C)(C)C)C1(C(=O)O)CCCC(CC(C)C)C1. The second-order valence-electron chi connectivity index (χ2n) is 8.15. The number of rotatable bonds is 5. The van der Waals surface area contributed by atoms with Gasteiger partial charge in [-0.3, -0.25) is 4.90 Å². The highest BCUT2D eigenvalue weighted by atomic mass is 16.6. The smallest absolute Gasteiger partial charge is 0.411 e. The van der Waals surface area contributed by atoms with E-state index in [1.165, 1.54) is 4.90 Å². The number of hydrogen-bond acceptors (Lipinski definition) is 3. The van der Waals surface area contributed by atoms with Crippen LogP contribution < -0.4 is 0 Å². The van der Waals surface area contributed by atoms with Crippen molar-refractivity contribution in [3.05, 3.63) is 0 Å². The van der Waals surface area contributed by atoms with Crippen molar-refractivity contribution < 1.29 is 19.4 Å². The molecule has 1 aliphatic rings. The quantitative estimate of drug-likeness (QED) is 0.817. The van der Waals surface area contributed by atoms with Crippen molar-refractivity contribution in [2.75, 3.05) is 6.54 Å². The van der Waals surface area contributed by atoms with Gasteiger partial charge in [0.2, 0.25) is 0 Å². The van der Waals surface area contributed by atoms with Crippen molar-refractivity contribution >= 4 is 12.1 Å². The molecule has 0 bridgehead atoms. The topological polar surface area (TPSA) is 66.8 Å². The Morgan fingerprint density at radius 1 is 1.35 bits per heavy atom. The van der Waals surface area contributed by atoms with Gasteiger partial charge in [0.05, 0.1) is 0 Å². The molecule has 5 nitrogen and oxygen atoms in total. The van der Waals surface area contributed by atoms with E-state index in [1.807, 2.05) is 6.92 Å². The van der Waals surface area contributed by atoms with Gasteiger partial charge in [0.15, 0.2) is 0 Å². The minimum absolute atomic E-state index is 0.343. The number of likely N-dealkylation sites (N-methyl/N-ethyl adjacent to an activating group) is 1. The van der Waals surface area contributed by atoms with Crippen LogP contribution in [0.25, 0.3) is 0 Å². The van der Waals surface area contributed by atoms with Crippen LogP contribution in [0.5, 0.6) is 0 Å². The molecule has 2 unspecified atom stereocenters. The summed E-state index contributed by atoms with van der Waals surface area (Å²) < 4.78 is 5.46. The highest BCUT2D eigenvalue weighted by Gasteiger charge is 2.50. The van der Waals surface area contributed by atoms with E-state index in [1.54, 1.807) is 20.8 Å². The van der Waals surface area contributed by atoms with Gasteiger partial charge >= 0.3 is 12.1 Å². The lowest BCUT2D eigenvalue weighted by Crippen LogP contribution is -2.60. The second kappa shape index (κ2) is 7.54. The number of hydrogen-bond donors (Lipinski definition) is 1. The highest BCUT2D eigenvalue weighted by molar-refractivity contribution is 5.84. The Bertz CT molecular complexity index is 427. The van der Waals surface area contributed by atoms with Crippen LogP contribution in [0.15, 0.2) is 0 Å². The molecule has 0 aromatic heterocycles. The van der Waals surface area contributed by atoms with E-state index >= 15 is 0 Å². The van der Waals surface area contributed by atoms with Gasteiger partial charge < -0.3 is 9.84 Å². The molecule has 5 heteroatoms. The minimum atomic E-state index is -1.13. The second-order valence-corrected chi connectivity index (χ2v) is 8.15. The summed E-state index contributed by atoms with van der Waals surface area (Å²) in [7, 11) is 0. The molecular formula is C18H33NO4. The zero-order chi connectivity index (χ0) is 17.8. The third kappa shape index (κ3) is 5.11. The first-order valence-electron chi connectivity index (χ1n) is 8.76. The molecule has 0 aromatic rings. The zero-order valence-corrected chi connectivity index (χ0v) is 15.5. The third-order valence-electron chi connectivity index (χ3n) is 4.48. The number of ether oxygens (including phenoxy) is 1. The lowest BCUT2D eigenvalue weighted by molar-refractivity contribution is -0.155. The molecule has 1 rings (SSSR count). The maximum absolute atomic E-state index is 12.6. The van der Waals surface area contributed by atoms with E-state index in [9.17, 15) is 14.7 Å². The molecule has 2 atom stereocenters. The van der Waals surface area contributed by atoms with Gasteiger partial charge in [0.1, 0.15) is 11.1 Å². The van der Waals surface area contributed by atoms with Gasteiger partial charge in [0, 0.05) is 6.54 Å². The summed E-state index contributed by atoms with van der Waals surface area (Å²) in [4.78, 5) is 26.1. The Morgan fingerprint density at radius 2 is 1.96 bits per heavy atom. The van der Waals surface area contributed by atoms with E-state index < -0.39 is 23.2 Å². The van der Waals surface area contributed by atoms with Crippen LogP contribution >= 0.6 is 0 Å². The summed E-state index contributed by atoms with van der Waals surface area (Å²) in [6.45, 7) is 11.9. The fourth-order valence-electron chi connectivity index (χ4n) is 3.71. The molecular weight excluding hydrogens is 294 g/mol. The standard InChI is InChI=1S/C18H33NO4/c1-7-19(16(22)23-17(4,5)6)18(15(20)21)10-8-9-14(12-18)11-13(2)3/h13-14H,7-12H2,1-6H3,(H,20,21). The van der Waals surface area contributed by atoms with Gasteiger partial charge in [-0.25, -0.2) is 9.59 Å². The lowest BCUT2D eigenvalue weighted by atomic mass is 9.72. The van der Waals surface area contributed by atoms with E-state index in [0.717, 1.165) is 19.3 Å². The molecule has 23 heavy (non-hydrogen) atoms. The molecule has 1 amide bonds. The van der Waals surface area contributed by atoms with Crippen LogP contribution in [0.4, 0.5) is 4.79 Å². The van der Waals surface area contributed by atoms with Crippen molar-refractivity contribution in [2.24, 2.45) is 11.8 Å². The average molecular weight is 327 g/mol. The van der Waals surface area contributed by atoms with E-state index in [-0.39, 0.29) is 0 Å². The van der Waals surface area contributed by atoms with Crippen LogP contribution in [-0.2, 0) is 9.53 Å². The highest BCUT2D eigenvalue weighted by Crippen LogP contribution is 2.40. The Balaban J connectivity index is 3.05. The van der Waals surface area contributed by atoms with Crippen molar-refractivity contribution in [3.8, 4) is 0 Å². The molecule has 0 radical (unpaired) electrons. The Labute approximate surface area is 140 Å². The Hall–Kier alpha value is -1.26. The van der Waals surface area contributed by atoms with Crippen LogP contribution in [-0.4, -0.2) is 39.8 Å². The number of carbonyl (C=O) groups excluding carboxylic acids is 1. The average Bonchev–Trinajstić information content (AvgIpc) is 2.36. The van der Waals surface area contributed by atoms with Gasteiger partial charge in [-0.05, 0) is 58.8 Å². The van der Waals surface area contributed by atoms with Gasteiger partial charge in [-0.1, -0.05) is 26.7 Å². The molecule has 0 saturated heterocycles. The summed E-state index contributed by atoms with van der Waals surface area (Å²) in [5, 5.41) is 9.94. The number of amides is 1. The maximum atomic E-state index is 12.6. The zero-order valence-electron chi connectivity index (χ0n) is 15.5. The van der Waals surface area contributed by atoms with Crippen molar-refractivity contribution in [3.63, 3.8) is 0 Å². The minimum Gasteiger partial charge on any atom is -0.479 e. The largest absolute Gasteiger partial charge is 0.479 e. The van der Waals surface area contributed by atoms with Gasteiger partial charge in [-0.15, -0.1) is 0 Å². The van der Waals surface area contributed by atoms with E-state index in [4.69, 9.17) is 4.74 Å². The predicted octanol–water partition coefficient (Wildman–Crippen LogP) is 4.30.